The summed E-state index contributed by atoms with van der Waals surface area (Å²) in [6.45, 7) is 2.84. The zero-order valence-corrected chi connectivity index (χ0v) is 6.94. The Morgan fingerprint density at radius 3 is 2.83 bits per heavy atom. The Bertz CT molecular complexity index is 290. The van der Waals surface area contributed by atoms with Crippen molar-refractivity contribution in [2.75, 3.05) is 11.6 Å². The molecular formula is C8H10N4. The number of hydrazone groups is 1. The first kappa shape index (κ1) is 7.21. The summed E-state index contributed by atoms with van der Waals surface area (Å²) in [5, 5.41) is 6.00. The number of nitrogens with zero attached hydrogens (tertiary/aromatic N) is 4. The fourth-order valence-electron chi connectivity index (χ4n) is 1.09. The minimum absolute atomic E-state index is 0.828. The summed E-state index contributed by atoms with van der Waals surface area (Å²) in [6, 6.07) is 0. The van der Waals surface area contributed by atoms with E-state index in [1.165, 1.54) is 0 Å². The summed E-state index contributed by atoms with van der Waals surface area (Å²) < 4.78 is 0. The van der Waals surface area contributed by atoms with Crippen LogP contribution in [0.1, 0.15) is 12.1 Å². The summed E-state index contributed by atoms with van der Waals surface area (Å²) in [5.74, 6) is 0.828. The zero-order chi connectivity index (χ0) is 8.39. The van der Waals surface area contributed by atoms with Crippen LogP contribution in [-0.2, 0) is 0 Å². The summed E-state index contributed by atoms with van der Waals surface area (Å²) in [5.41, 5.74) is 0.932. The molecule has 4 nitrogen and oxygen atoms in total. The van der Waals surface area contributed by atoms with E-state index in [4.69, 9.17) is 0 Å². The molecule has 12 heavy (non-hydrogen) atoms. The molecule has 0 saturated carbocycles. The zero-order valence-electron chi connectivity index (χ0n) is 6.94. The first-order chi connectivity index (χ1) is 5.86. The van der Waals surface area contributed by atoms with E-state index in [0.717, 1.165) is 24.5 Å². The monoisotopic (exact) mass is 162 g/mol. The third kappa shape index (κ3) is 1.28. The van der Waals surface area contributed by atoms with Crippen molar-refractivity contribution in [3.05, 3.63) is 18.1 Å². The molecule has 0 fully saturated rings. The Hall–Kier alpha value is -1.45. The van der Waals surface area contributed by atoms with Crippen LogP contribution in [0.2, 0.25) is 0 Å². The maximum Gasteiger partial charge on any atom is 0.167 e. The Balaban J connectivity index is 2.23. The minimum Gasteiger partial charge on any atom is -0.256 e. The maximum atomic E-state index is 4.21. The number of hydrogen-bond acceptors (Lipinski definition) is 4. The summed E-state index contributed by atoms with van der Waals surface area (Å²) in [4.78, 5) is 8.36. The van der Waals surface area contributed by atoms with Crippen LogP contribution >= 0.6 is 0 Å². The van der Waals surface area contributed by atoms with Gasteiger partial charge in [-0.3, -0.25) is 4.98 Å². The lowest BCUT2D eigenvalue weighted by molar-refractivity contribution is 0.884. The van der Waals surface area contributed by atoms with E-state index in [-0.39, 0.29) is 0 Å². The molecule has 0 radical (unpaired) electrons. The van der Waals surface area contributed by atoms with Gasteiger partial charge in [0, 0.05) is 19.2 Å². The average molecular weight is 162 g/mol. The molecule has 0 amide bonds. The standard InChI is InChI=1S/C8H10N4/c1-7-5-10-8(6-9-7)12-4-2-3-11-12/h3,5-6H,2,4H2,1H3. The second-order valence-electron chi connectivity index (χ2n) is 2.73. The van der Waals surface area contributed by atoms with Gasteiger partial charge in [-0.1, -0.05) is 0 Å². The van der Waals surface area contributed by atoms with Crippen LogP contribution < -0.4 is 5.01 Å². The van der Waals surface area contributed by atoms with Crippen molar-refractivity contribution in [3.8, 4) is 0 Å². The molecule has 1 aliphatic heterocycles. The Labute approximate surface area is 70.9 Å². The van der Waals surface area contributed by atoms with E-state index in [1.54, 1.807) is 12.4 Å². The molecule has 2 rings (SSSR count). The van der Waals surface area contributed by atoms with E-state index in [0.29, 0.717) is 0 Å². The highest BCUT2D eigenvalue weighted by Crippen LogP contribution is 2.12. The predicted molar refractivity (Wildman–Crippen MR) is 47.2 cm³/mol. The molecule has 0 aromatic carbocycles. The van der Waals surface area contributed by atoms with Crippen molar-refractivity contribution in [1.29, 1.82) is 0 Å². The highest BCUT2D eigenvalue weighted by Gasteiger charge is 2.08. The van der Waals surface area contributed by atoms with Gasteiger partial charge in [-0.15, -0.1) is 0 Å². The number of hydrogen-bond donors (Lipinski definition) is 0. The molecule has 0 atom stereocenters. The summed E-state index contributed by atoms with van der Waals surface area (Å²) in [6.07, 6.45) is 6.39. The summed E-state index contributed by atoms with van der Waals surface area (Å²) >= 11 is 0. The number of anilines is 1. The first-order valence-electron chi connectivity index (χ1n) is 3.95. The Morgan fingerprint density at radius 1 is 1.33 bits per heavy atom. The molecule has 1 aromatic heterocycles. The van der Waals surface area contributed by atoms with Crippen LogP contribution in [0.3, 0.4) is 0 Å². The van der Waals surface area contributed by atoms with E-state index >= 15 is 0 Å². The van der Waals surface area contributed by atoms with E-state index in [2.05, 4.69) is 15.1 Å². The van der Waals surface area contributed by atoms with Crippen LogP contribution in [0, 0.1) is 6.92 Å². The Kier molecular flexibility index (Phi) is 1.74. The lowest BCUT2D eigenvalue weighted by atomic mass is 10.4. The van der Waals surface area contributed by atoms with Gasteiger partial charge in [0.15, 0.2) is 5.82 Å². The number of aromatic nitrogens is 2. The topological polar surface area (TPSA) is 41.4 Å². The summed E-state index contributed by atoms with van der Waals surface area (Å²) in [7, 11) is 0. The van der Waals surface area contributed by atoms with Crippen LogP contribution in [0.25, 0.3) is 0 Å². The predicted octanol–water partition coefficient (Wildman–Crippen LogP) is 0.981. The molecule has 0 aliphatic carbocycles. The van der Waals surface area contributed by atoms with Gasteiger partial charge in [0.2, 0.25) is 0 Å². The smallest absolute Gasteiger partial charge is 0.167 e. The maximum absolute atomic E-state index is 4.21. The van der Waals surface area contributed by atoms with Crippen LogP contribution in [-0.4, -0.2) is 22.7 Å². The van der Waals surface area contributed by atoms with E-state index < -0.39 is 0 Å². The van der Waals surface area contributed by atoms with Crippen molar-refractivity contribution in [2.45, 2.75) is 13.3 Å². The molecule has 0 N–H and O–H groups in total. The fourth-order valence-corrected chi connectivity index (χ4v) is 1.09. The quantitative estimate of drug-likeness (QED) is 0.618. The molecule has 0 bridgehead atoms. The van der Waals surface area contributed by atoms with Gasteiger partial charge >= 0.3 is 0 Å². The van der Waals surface area contributed by atoms with E-state index in [9.17, 15) is 0 Å². The second-order valence-corrected chi connectivity index (χ2v) is 2.73. The third-order valence-corrected chi connectivity index (χ3v) is 1.72. The highest BCUT2D eigenvalue weighted by atomic mass is 15.5. The van der Waals surface area contributed by atoms with Gasteiger partial charge in [0.25, 0.3) is 0 Å². The van der Waals surface area contributed by atoms with Crippen LogP contribution in [0.5, 0.6) is 0 Å². The van der Waals surface area contributed by atoms with Gasteiger partial charge in [-0.2, -0.15) is 5.10 Å². The number of rotatable bonds is 1. The molecule has 2 heterocycles. The molecule has 1 aliphatic rings. The van der Waals surface area contributed by atoms with Gasteiger partial charge in [0.05, 0.1) is 18.1 Å². The van der Waals surface area contributed by atoms with Gasteiger partial charge in [-0.25, -0.2) is 9.99 Å². The average Bonchev–Trinajstić information content (AvgIpc) is 2.58. The van der Waals surface area contributed by atoms with Crippen molar-refractivity contribution in [3.63, 3.8) is 0 Å². The van der Waals surface area contributed by atoms with Crippen molar-refractivity contribution in [2.24, 2.45) is 5.10 Å². The van der Waals surface area contributed by atoms with E-state index in [1.807, 2.05) is 18.1 Å². The van der Waals surface area contributed by atoms with Gasteiger partial charge < -0.3 is 0 Å². The first-order valence-corrected chi connectivity index (χ1v) is 3.95. The van der Waals surface area contributed by atoms with Gasteiger partial charge in [-0.05, 0) is 6.92 Å². The lowest BCUT2D eigenvalue weighted by Gasteiger charge is -2.10. The fraction of sp³-hybridized carbons (Fsp3) is 0.375. The minimum atomic E-state index is 0.828. The lowest BCUT2D eigenvalue weighted by Crippen LogP contribution is -2.13. The van der Waals surface area contributed by atoms with Crippen molar-refractivity contribution >= 4 is 12.0 Å². The Morgan fingerprint density at radius 2 is 2.25 bits per heavy atom. The molecule has 0 saturated heterocycles. The van der Waals surface area contributed by atoms with Crippen molar-refractivity contribution in [1.82, 2.24) is 9.97 Å². The van der Waals surface area contributed by atoms with Crippen LogP contribution in [0.15, 0.2) is 17.5 Å². The molecule has 4 heteroatoms. The van der Waals surface area contributed by atoms with Crippen LogP contribution in [0.4, 0.5) is 5.82 Å². The van der Waals surface area contributed by atoms with Gasteiger partial charge in [0.1, 0.15) is 0 Å². The highest BCUT2D eigenvalue weighted by molar-refractivity contribution is 5.63. The molecule has 62 valence electrons. The molecule has 1 aromatic rings. The molecular weight excluding hydrogens is 152 g/mol. The molecule has 0 unspecified atom stereocenters. The normalized spacial score (nSPS) is 15.6. The molecule has 0 spiro atoms. The number of aryl methyl sites for hydroxylation is 1. The third-order valence-electron chi connectivity index (χ3n) is 1.72. The second kappa shape index (κ2) is 2.89. The van der Waals surface area contributed by atoms with Crippen molar-refractivity contribution < 1.29 is 0 Å². The SMILES string of the molecule is Cc1cnc(N2CCC=N2)cn1. The largest absolute Gasteiger partial charge is 0.256 e.